The van der Waals surface area contributed by atoms with Crippen molar-refractivity contribution in [1.29, 1.82) is 0 Å². The van der Waals surface area contributed by atoms with Crippen molar-refractivity contribution in [2.24, 2.45) is 5.92 Å². The summed E-state index contributed by atoms with van der Waals surface area (Å²) in [7, 11) is 0. The maximum atomic E-state index is 12.7. The Labute approximate surface area is 187 Å². The number of benzene rings is 1. The Morgan fingerprint density at radius 1 is 1.10 bits per heavy atom. The van der Waals surface area contributed by atoms with Gasteiger partial charge in [-0.3, -0.25) is 14.4 Å². The SMILES string of the molecule is O=C(O)CSCC(=O)N1C[C@@H]2C[C@H](C1)c1c(-c3cc4ccccc4s3)ccc(=O)n1C2. The van der Waals surface area contributed by atoms with Crippen molar-refractivity contribution in [2.45, 2.75) is 18.9 Å². The number of hydrogen-bond donors (Lipinski definition) is 1. The number of aromatic nitrogens is 1. The molecule has 0 saturated carbocycles. The maximum absolute atomic E-state index is 12.7. The highest BCUT2D eigenvalue weighted by Crippen LogP contribution is 2.42. The highest BCUT2D eigenvalue weighted by molar-refractivity contribution is 8.00. The third-order valence-corrected chi connectivity index (χ3v) is 8.14. The van der Waals surface area contributed by atoms with E-state index < -0.39 is 5.97 Å². The molecule has 160 valence electrons. The molecule has 1 saturated heterocycles. The van der Waals surface area contributed by atoms with Gasteiger partial charge in [-0.15, -0.1) is 23.1 Å². The predicted octanol–water partition coefficient (Wildman–Crippen LogP) is 3.49. The minimum atomic E-state index is -0.908. The number of likely N-dealkylation sites (tertiary alicyclic amines) is 1. The minimum Gasteiger partial charge on any atom is -0.481 e. The number of thioether (sulfide) groups is 1. The van der Waals surface area contributed by atoms with Crippen LogP contribution in [0.15, 0.2) is 47.3 Å². The molecule has 1 aromatic carbocycles. The number of hydrogen-bond acceptors (Lipinski definition) is 5. The number of rotatable bonds is 5. The average Bonchev–Trinajstić information content (AvgIpc) is 3.18. The highest BCUT2D eigenvalue weighted by Gasteiger charge is 2.37. The van der Waals surface area contributed by atoms with Crippen LogP contribution in [0.3, 0.4) is 0 Å². The number of carboxylic acids is 1. The molecule has 1 fully saturated rings. The van der Waals surface area contributed by atoms with Gasteiger partial charge in [0.1, 0.15) is 0 Å². The van der Waals surface area contributed by atoms with Gasteiger partial charge < -0.3 is 14.6 Å². The fraction of sp³-hybridized carbons (Fsp3) is 0.348. The smallest absolute Gasteiger partial charge is 0.313 e. The predicted molar refractivity (Wildman–Crippen MR) is 124 cm³/mol. The number of aliphatic carboxylic acids is 1. The lowest BCUT2D eigenvalue weighted by molar-refractivity contribution is -0.133. The zero-order valence-corrected chi connectivity index (χ0v) is 18.5. The Balaban J connectivity index is 1.47. The van der Waals surface area contributed by atoms with E-state index >= 15 is 0 Å². The Morgan fingerprint density at radius 2 is 1.94 bits per heavy atom. The number of carboxylic acid groups (broad SMARTS) is 1. The topological polar surface area (TPSA) is 79.6 Å². The zero-order valence-electron chi connectivity index (χ0n) is 16.8. The highest BCUT2D eigenvalue weighted by atomic mass is 32.2. The number of piperidine rings is 1. The monoisotopic (exact) mass is 454 g/mol. The fourth-order valence-electron chi connectivity index (χ4n) is 4.86. The van der Waals surface area contributed by atoms with Crippen molar-refractivity contribution < 1.29 is 14.7 Å². The molecule has 2 aliphatic rings. The van der Waals surface area contributed by atoms with E-state index in [0.717, 1.165) is 34.3 Å². The van der Waals surface area contributed by atoms with Crippen molar-refractivity contribution in [1.82, 2.24) is 9.47 Å². The molecule has 31 heavy (non-hydrogen) atoms. The molecule has 2 aromatic heterocycles. The Morgan fingerprint density at radius 3 is 2.74 bits per heavy atom. The van der Waals surface area contributed by atoms with E-state index in [4.69, 9.17) is 5.11 Å². The van der Waals surface area contributed by atoms with Crippen molar-refractivity contribution in [3.8, 4) is 10.4 Å². The molecule has 2 atom stereocenters. The summed E-state index contributed by atoms with van der Waals surface area (Å²) in [6.07, 6.45) is 0.966. The normalized spacial score (nSPS) is 19.9. The van der Waals surface area contributed by atoms with Gasteiger partial charge in [-0.2, -0.15) is 0 Å². The van der Waals surface area contributed by atoms with Crippen LogP contribution in [0.5, 0.6) is 0 Å². The second-order valence-corrected chi connectivity index (χ2v) is 10.3. The molecule has 4 heterocycles. The van der Waals surface area contributed by atoms with Crippen LogP contribution >= 0.6 is 23.1 Å². The second-order valence-electron chi connectivity index (χ2n) is 8.21. The van der Waals surface area contributed by atoms with E-state index in [9.17, 15) is 14.4 Å². The second kappa shape index (κ2) is 8.16. The van der Waals surface area contributed by atoms with Crippen molar-refractivity contribution in [2.75, 3.05) is 24.6 Å². The molecule has 6 nitrogen and oxygen atoms in total. The van der Waals surface area contributed by atoms with E-state index in [1.54, 1.807) is 17.4 Å². The summed E-state index contributed by atoms with van der Waals surface area (Å²) in [5, 5.41) is 10.0. The van der Waals surface area contributed by atoms with Crippen molar-refractivity contribution in [3.05, 3.63) is 58.5 Å². The van der Waals surface area contributed by atoms with E-state index in [-0.39, 0.29) is 34.8 Å². The summed E-state index contributed by atoms with van der Waals surface area (Å²) in [6, 6.07) is 14.0. The van der Waals surface area contributed by atoms with E-state index in [0.29, 0.717) is 19.6 Å². The fourth-order valence-corrected chi connectivity index (χ4v) is 6.59. The molecular formula is C23H22N2O4S2. The summed E-state index contributed by atoms with van der Waals surface area (Å²) in [5.74, 6) is -0.465. The van der Waals surface area contributed by atoms with Crippen molar-refractivity contribution >= 4 is 45.1 Å². The number of nitrogens with zero attached hydrogens (tertiary/aromatic N) is 2. The molecule has 0 spiro atoms. The number of carbonyl (C=O) groups is 2. The van der Waals surface area contributed by atoms with Crippen LogP contribution < -0.4 is 5.56 Å². The summed E-state index contributed by atoms with van der Waals surface area (Å²) in [5.41, 5.74) is 2.14. The zero-order chi connectivity index (χ0) is 21.5. The number of thiophene rings is 1. The Bertz CT molecular complexity index is 1200. The molecule has 0 radical (unpaired) electrons. The van der Waals surface area contributed by atoms with E-state index in [1.165, 1.54) is 10.1 Å². The van der Waals surface area contributed by atoms with Gasteiger partial charge in [0.05, 0.1) is 11.5 Å². The van der Waals surface area contributed by atoms with E-state index in [2.05, 4.69) is 18.2 Å². The molecule has 2 aliphatic heterocycles. The number of pyridine rings is 1. The minimum absolute atomic E-state index is 0.0175. The first-order chi connectivity index (χ1) is 15.0. The van der Waals surface area contributed by atoms with Crippen LogP contribution in [-0.4, -0.2) is 51.0 Å². The molecule has 1 amide bonds. The van der Waals surface area contributed by atoms with Crippen LogP contribution in [0.4, 0.5) is 0 Å². The Kier molecular flexibility index (Phi) is 5.35. The molecule has 0 aliphatic carbocycles. The quantitative estimate of drug-likeness (QED) is 0.638. The largest absolute Gasteiger partial charge is 0.481 e. The molecule has 1 N–H and O–H groups in total. The van der Waals surface area contributed by atoms with Crippen LogP contribution in [0, 0.1) is 5.92 Å². The van der Waals surface area contributed by atoms with Gasteiger partial charge >= 0.3 is 5.97 Å². The summed E-state index contributed by atoms with van der Waals surface area (Å²) < 4.78 is 3.13. The standard InChI is InChI=1S/C23H22N2O4S2/c26-20-6-5-17(19-8-15-3-1-2-4-18(15)31-19)23-16-7-14(10-25(20)23)9-24(11-16)21(27)12-30-13-22(28)29/h1-6,8,14,16H,7,9-13H2,(H,28,29)/t14-,16+/m0/s1. The molecule has 8 heteroatoms. The van der Waals surface area contributed by atoms with Crippen LogP contribution in [0.25, 0.3) is 20.5 Å². The first-order valence-electron chi connectivity index (χ1n) is 10.3. The van der Waals surface area contributed by atoms with Gasteiger partial charge in [-0.25, -0.2) is 0 Å². The number of amides is 1. The number of carbonyl (C=O) groups excluding carboxylic acids is 1. The summed E-state index contributed by atoms with van der Waals surface area (Å²) in [4.78, 5) is 39.2. The van der Waals surface area contributed by atoms with E-state index in [1.807, 2.05) is 27.7 Å². The lowest BCUT2D eigenvalue weighted by atomic mass is 9.81. The number of fused-ring (bicyclic) bond motifs is 5. The maximum Gasteiger partial charge on any atom is 0.313 e. The van der Waals surface area contributed by atoms with Gasteiger partial charge in [-0.1, -0.05) is 18.2 Å². The van der Waals surface area contributed by atoms with Gasteiger partial charge in [-0.05, 0) is 35.9 Å². The third kappa shape index (κ3) is 3.90. The first kappa shape index (κ1) is 20.3. The van der Waals surface area contributed by atoms with Gasteiger partial charge in [0.25, 0.3) is 5.56 Å². The van der Waals surface area contributed by atoms with Gasteiger partial charge in [0.15, 0.2) is 0 Å². The van der Waals surface area contributed by atoms with Gasteiger partial charge in [0, 0.05) is 52.5 Å². The average molecular weight is 455 g/mol. The molecule has 5 rings (SSSR count). The lowest BCUT2D eigenvalue weighted by Crippen LogP contribution is -2.49. The molecule has 2 bridgehead atoms. The summed E-state index contributed by atoms with van der Waals surface area (Å²) in [6.45, 7) is 1.82. The summed E-state index contributed by atoms with van der Waals surface area (Å²) >= 11 is 2.86. The lowest BCUT2D eigenvalue weighted by Gasteiger charge is -2.43. The van der Waals surface area contributed by atoms with Gasteiger partial charge in [0.2, 0.25) is 5.91 Å². The van der Waals surface area contributed by atoms with Crippen LogP contribution in [0.1, 0.15) is 18.0 Å². The Hall–Kier alpha value is -2.58. The first-order valence-corrected chi connectivity index (χ1v) is 12.3. The van der Waals surface area contributed by atoms with Crippen LogP contribution in [-0.2, 0) is 16.1 Å². The van der Waals surface area contributed by atoms with Crippen LogP contribution in [0.2, 0.25) is 0 Å². The van der Waals surface area contributed by atoms with Crippen molar-refractivity contribution in [3.63, 3.8) is 0 Å². The molecule has 0 unspecified atom stereocenters. The third-order valence-electron chi connectivity index (χ3n) is 6.08. The molecular weight excluding hydrogens is 432 g/mol. The molecule has 3 aromatic rings.